The fraction of sp³-hybridized carbons (Fsp3) is 0.158. The molecular formula is C19H18ClNO3. The van der Waals surface area contributed by atoms with Crippen LogP contribution >= 0.6 is 11.6 Å². The maximum Gasteiger partial charge on any atom is 0.331 e. The first-order chi connectivity index (χ1) is 11.6. The third-order valence-electron chi connectivity index (χ3n) is 3.27. The smallest absolute Gasteiger partial charge is 0.331 e. The molecule has 0 heterocycles. The zero-order valence-corrected chi connectivity index (χ0v) is 14.0. The van der Waals surface area contributed by atoms with E-state index < -0.39 is 5.97 Å². The number of anilines is 1. The van der Waals surface area contributed by atoms with Crippen molar-refractivity contribution in [1.29, 1.82) is 0 Å². The van der Waals surface area contributed by atoms with Crippen LogP contribution in [0.4, 0.5) is 5.69 Å². The van der Waals surface area contributed by atoms with E-state index in [0.717, 1.165) is 12.0 Å². The average Bonchev–Trinajstić information content (AvgIpc) is 2.59. The Hall–Kier alpha value is -2.59. The summed E-state index contributed by atoms with van der Waals surface area (Å²) in [5.41, 5.74) is 2.51. The molecule has 1 N–H and O–H groups in total. The molecule has 0 saturated carbocycles. The summed E-state index contributed by atoms with van der Waals surface area (Å²) in [6.07, 6.45) is 3.67. The fourth-order valence-electron chi connectivity index (χ4n) is 2.02. The molecule has 0 unspecified atom stereocenters. The second kappa shape index (κ2) is 8.89. The number of benzene rings is 2. The van der Waals surface area contributed by atoms with E-state index in [1.807, 2.05) is 31.2 Å². The third kappa shape index (κ3) is 5.56. The minimum atomic E-state index is -0.604. The lowest BCUT2D eigenvalue weighted by Gasteiger charge is -2.06. The van der Waals surface area contributed by atoms with Gasteiger partial charge in [-0.2, -0.15) is 0 Å². The Bertz CT molecular complexity index is 756. The second-order valence-electron chi connectivity index (χ2n) is 5.06. The molecule has 0 atom stereocenters. The number of carbonyl (C=O) groups is 2. The first-order valence-corrected chi connectivity index (χ1v) is 7.94. The first-order valence-electron chi connectivity index (χ1n) is 7.56. The van der Waals surface area contributed by atoms with E-state index in [-0.39, 0.29) is 12.5 Å². The van der Waals surface area contributed by atoms with Crippen LogP contribution in [0.5, 0.6) is 0 Å². The molecule has 0 fully saturated rings. The van der Waals surface area contributed by atoms with Gasteiger partial charge in [0.1, 0.15) is 0 Å². The lowest BCUT2D eigenvalue weighted by Crippen LogP contribution is -2.20. The van der Waals surface area contributed by atoms with Crippen molar-refractivity contribution < 1.29 is 14.3 Å². The Morgan fingerprint density at radius 1 is 1.17 bits per heavy atom. The highest BCUT2D eigenvalue weighted by molar-refractivity contribution is 6.32. The van der Waals surface area contributed by atoms with E-state index in [9.17, 15) is 9.59 Å². The molecular weight excluding hydrogens is 326 g/mol. The molecule has 0 aromatic heterocycles. The SMILES string of the molecule is CCc1cccc(NC(=O)COC(=O)/C=C/c2ccccc2Cl)c1. The van der Waals surface area contributed by atoms with Crippen molar-refractivity contribution in [2.75, 3.05) is 11.9 Å². The van der Waals surface area contributed by atoms with Gasteiger partial charge in [-0.05, 0) is 41.8 Å². The molecule has 2 rings (SSSR count). The summed E-state index contributed by atoms with van der Waals surface area (Å²) in [4.78, 5) is 23.5. The molecule has 4 nitrogen and oxygen atoms in total. The largest absolute Gasteiger partial charge is 0.452 e. The van der Waals surface area contributed by atoms with Crippen molar-refractivity contribution in [1.82, 2.24) is 0 Å². The zero-order chi connectivity index (χ0) is 17.4. The van der Waals surface area contributed by atoms with Gasteiger partial charge >= 0.3 is 5.97 Å². The van der Waals surface area contributed by atoms with Gasteiger partial charge in [0.05, 0.1) is 0 Å². The van der Waals surface area contributed by atoms with Crippen molar-refractivity contribution in [3.05, 3.63) is 70.8 Å². The number of ether oxygens (including phenoxy) is 1. The lowest BCUT2D eigenvalue weighted by atomic mass is 10.1. The summed E-state index contributed by atoms with van der Waals surface area (Å²) in [7, 11) is 0. The number of carbonyl (C=O) groups excluding carboxylic acids is 2. The third-order valence-corrected chi connectivity index (χ3v) is 3.61. The average molecular weight is 344 g/mol. The zero-order valence-electron chi connectivity index (χ0n) is 13.3. The second-order valence-corrected chi connectivity index (χ2v) is 5.47. The molecule has 0 saturated heterocycles. The number of halogens is 1. The van der Waals surface area contributed by atoms with Gasteiger partial charge < -0.3 is 10.1 Å². The van der Waals surface area contributed by atoms with Crippen LogP contribution in [-0.2, 0) is 20.7 Å². The van der Waals surface area contributed by atoms with Crippen molar-refractivity contribution in [3.8, 4) is 0 Å². The highest BCUT2D eigenvalue weighted by atomic mass is 35.5. The highest BCUT2D eigenvalue weighted by Crippen LogP contribution is 2.16. The van der Waals surface area contributed by atoms with Crippen LogP contribution in [0.15, 0.2) is 54.6 Å². The summed E-state index contributed by atoms with van der Waals surface area (Å²) in [6, 6.07) is 14.6. The van der Waals surface area contributed by atoms with Gasteiger partial charge in [-0.25, -0.2) is 4.79 Å². The van der Waals surface area contributed by atoms with Crippen molar-refractivity contribution in [2.45, 2.75) is 13.3 Å². The lowest BCUT2D eigenvalue weighted by molar-refractivity contribution is -0.142. The number of esters is 1. The van der Waals surface area contributed by atoms with Gasteiger partial charge in [0.15, 0.2) is 6.61 Å². The normalized spacial score (nSPS) is 10.6. The van der Waals surface area contributed by atoms with E-state index in [2.05, 4.69) is 5.32 Å². The predicted molar refractivity (Wildman–Crippen MR) is 95.9 cm³/mol. The van der Waals surface area contributed by atoms with E-state index in [1.54, 1.807) is 30.3 Å². The van der Waals surface area contributed by atoms with Gasteiger partial charge in [0.25, 0.3) is 5.91 Å². The molecule has 0 aliphatic heterocycles. The van der Waals surface area contributed by atoms with E-state index in [0.29, 0.717) is 16.3 Å². The van der Waals surface area contributed by atoms with Gasteiger partial charge in [-0.1, -0.05) is 48.9 Å². The summed E-state index contributed by atoms with van der Waals surface area (Å²) in [6.45, 7) is 1.69. The van der Waals surface area contributed by atoms with E-state index >= 15 is 0 Å². The summed E-state index contributed by atoms with van der Waals surface area (Å²) >= 11 is 5.98. The van der Waals surface area contributed by atoms with Crippen LogP contribution in [0.3, 0.4) is 0 Å². The summed E-state index contributed by atoms with van der Waals surface area (Å²) < 4.78 is 4.91. The molecule has 2 aromatic carbocycles. The van der Waals surface area contributed by atoms with Gasteiger partial charge in [0, 0.05) is 16.8 Å². The van der Waals surface area contributed by atoms with Crippen molar-refractivity contribution >= 4 is 35.2 Å². The number of amides is 1. The molecule has 0 bridgehead atoms. The number of aryl methyl sites for hydroxylation is 1. The molecule has 0 radical (unpaired) electrons. The van der Waals surface area contributed by atoms with Crippen LogP contribution in [0.1, 0.15) is 18.1 Å². The van der Waals surface area contributed by atoms with Gasteiger partial charge in [-0.15, -0.1) is 0 Å². The van der Waals surface area contributed by atoms with E-state index in [4.69, 9.17) is 16.3 Å². The van der Waals surface area contributed by atoms with Crippen LogP contribution < -0.4 is 5.32 Å². The van der Waals surface area contributed by atoms with Crippen LogP contribution in [0.2, 0.25) is 5.02 Å². The van der Waals surface area contributed by atoms with Crippen LogP contribution in [-0.4, -0.2) is 18.5 Å². The maximum atomic E-state index is 11.8. The molecule has 0 aliphatic rings. The summed E-state index contributed by atoms with van der Waals surface area (Å²) in [5, 5.41) is 3.23. The molecule has 0 aliphatic carbocycles. The molecule has 124 valence electrons. The fourth-order valence-corrected chi connectivity index (χ4v) is 2.22. The van der Waals surface area contributed by atoms with E-state index in [1.165, 1.54) is 6.08 Å². The van der Waals surface area contributed by atoms with Crippen molar-refractivity contribution in [3.63, 3.8) is 0 Å². The molecule has 2 aromatic rings. The molecule has 5 heteroatoms. The van der Waals surface area contributed by atoms with Crippen LogP contribution in [0, 0.1) is 0 Å². The Morgan fingerprint density at radius 2 is 1.96 bits per heavy atom. The van der Waals surface area contributed by atoms with Gasteiger partial charge in [0.2, 0.25) is 0 Å². The molecule has 24 heavy (non-hydrogen) atoms. The number of hydrogen-bond donors (Lipinski definition) is 1. The standard InChI is InChI=1S/C19H18ClNO3/c1-2-14-6-5-8-16(12-14)21-18(22)13-24-19(23)11-10-15-7-3-4-9-17(15)20/h3-12H,2,13H2,1H3,(H,21,22)/b11-10+. The monoisotopic (exact) mass is 343 g/mol. The number of rotatable bonds is 6. The van der Waals surface area contributed by atoms with Gasteiger partial charge in [-0.3, -0.25) is 4.79 Å². The Kier molecular flexibility index (Phi) is 6.58. The highest BCUT2D eigenvalue weighted by Gasteiger charge is 2.06. The summed E-state index contributed by atoms with van der Waals surface area (Å²) in [5.74, 6) is -0.991. The van der Waals surface area contributed by atoms with Crippen molar-refractivity contribution in [2.24, 2.45) is 0 Å². The quantitative estimate of drug-likeness (QED) is 0.634. The molecule has 0 spiro atoms. The predicted octanol–water partition coefficient (Wildman–Crippen LogP) is 4.10. The number of nitrogens with one attached hydrogen (secondary N) is 1. The first kappa shape index (κ1) is 17.8. The Morgan fingerprint density at radius 3 is 2.71 bits per heavy atom. The maximum absolute atomic E-state index is 11.8. The Labute approximate surface area is 146 Å². The number of hydrogen-bond acceptors (Lipinski definition) is 3. The minimum Gasteiger partial charge on any atom is -0.452 e. The molecule has 1 amide bonds. The minimum absolute atomic E-state index is 0.345. The topological polar surface area (TPSA) is 55.4 Å². The van der Waals surface area contributed by atoms with Crippen LogP contribution in [0.25, 0.3) is 6.08 Å². The Balaban J connectivity index is 1.83.